The summed E-state index contributed by atoms with van der Waals surface area (Å²) in [4.78, 5) is 23.9. The highest BCUT2D eigenvalue weighted by molar-refractivity contribution is 5.83. The molecule has 1 heterocycles. The molecule has 4 N–H and O–H groups in total. The molecule has 18 heavy (non-hydrogen) atoms. The van der Waals surface area contributed by atoms with Gasteiger partial charge in [-0.05, 0) is 20.8 Å². The van der Waals surface area contributed by atoms with Crippen molar-refractivity contribution in [2.45, 2.75) is 26.8 Å². The molecule has 0 aromatic carbocycles. The minimum atomic E-state index is -0.708. The van der Waals surface area contributed by atoms with Crippen molar-refractivity contribution in [1.82, 2.24) is 20.4 Å². The number of amides is 3. The summed E-state index contributed by atoms with van der Waals surface area (Å²) in [6.07, 6.45) is 0. The van der Waals surface area contributed by atoms with Gasteiger partial charge in [0, 0.05) is 18.3 Å². The Morgan fingerprint density at radius 3 is 2.56 bits per heavy atom. The molecule has 0 aliphatic heterocycles. The second kappa shape index (κ2) is 5.52. The molecule has 0 radical (unpaired) electrons. The van der Waals surface area contributed by atoms with Gasteiger partial charge in [-0.25, -0.2) is 4.79 Å². The Labute approximate surface area is 106 Å². The molecule has 3 amide bonds. The van der Waals surface area contributed by atoms with Crippen molar-refractivity contribution < 1.29 is 9.59 Å². The molecule has 100 valence electrons. The van der Waals surface area contributed by atoms with Gasteiger partial charge < -0.3 is 16.0 Å². The van der Waals surface area contributed by atoms with Crippen LogP contribution >= 0.6 is 0 Å². The topological polar surface area (TPSA) is 104 Å². The summed E-state index contributed by atoms with van der Waals surface area (Å²) in [5.74, 6) is -0.207. The Hall–Kier alpha value is -2.05. The first kappa shape index (κ1) is 14.0. The van der Waals surface area contributed by atoms with Gasteiger partial charge in [0.2, 0.25) is 5.91 Å². The van der Waals surface area contributed by atoms with Gasteiger partial charge in [0.15, 0.2) is 0 Å². The van der Waals surface area contributed by atoms with Crippen LogP contribution in [0.25, 0.3) is 0 Å². The number of nitrogens with zero attached hydrogens (tertiary/aromatic N) is 2. The zero-order valence-corrected chi connectivity index (χ0v) is 11.1. The second-order valence-electron chi connectivity index (χ2n) is 4.25. The summed E-state index contributed by atoms with van der Waals surface area (Å²) in [5, 5.41) is 9.26. The van der Waals surface area contributed by atoms with E-state index in [4.69, 9.17) is 5.73 Å². The Kier molecular flexibility index (Phi) is 4.30. The predicted molar refractivity (Wildman–Crippen MR) is 66.8 cm³/mol. The molecule has 1 rings (SSSR count). The largest absolute Gasteiger partial charge is 0.352 e. The minimum absolute atomic E-state index is 0.105. The maximum atomic E-state index is 11.8. The van der Waals surface area contributed by atoms with Gasteiger partial charge in [-0.15, -0.1) is 0 Å². The molecular weight excluding hydrogens is 234 g/mol. The Bertz CT molecular complexity index is 435. The van der Waals surface area contributed by atoms with E-state index in [0.717, 1.165) is 17.0 Å². The summed E-state index contributed by atoms with van der Waals surface area (Å²) in [5.41, 5.74) is 7.71. The quantitative estimate of drug-likeness (QED) is 0.714. The summed E-state index contributed by atoms with van der Waals surface area (Å²) in [6, 6.07) is -0.828. The third-order valence-electron chi connectivity index (χ3n) is 2.99. The van der Waals surface area contributed by atoms with Crippen molar-refractivity contribution in [2.24, 2.45) is 5.73 Å². The van der Waals surface area contributed by atoms with Crippen LogP contribution in [0.2, 0.25) is 0 Å². The minimum Gasteiger partial charge on any atom is -0.352 e. The second-order valence-corrected chi connectivity index (χ2v) is 4.25. The number of carbonyl (C=O) groups excluding carboxylic acids is 2. The number of aryl methyl sites for hydroxylation is 2. The van der Waals surface area contributed by atoms with E-state index in [1.54, 1.807) is 11.9 Å². The maximum absolute atomic E-state index is 11.8. The number of urea groups is 1. The fraction of sp³-hybridized carbons (Fsp3) is 0.545. The maximum Gasteiger partial charge on any atom is 0.312 e. The standard InChI is InChI=1S/C11H19N5O2/c1-6-10(7(2)15-14-6)8(3)16(4)9(17)5-13-11(12)18/h8H,5H2,1-4H3,(H,14,15)(H3,12,13,18). The summed E-state index contributed by atoms with van der Waals surface area (Å²) in [6.45, 7) is 5.60. The Balaban J connectivity index is 2.75. The molecule has 0 saturated heterocycles. The number of aromatic amines is 1. The number of nitrogens with two attached hydrogens (primary N) is 1. The van der Waals surface area contributed by atoms with Crippen LogP contribution in [0.15, 0.2) is 0 Å². The summed E-state index contributed by atoms with van der Waals surface area (Å²) in [7, 11) is 1.68. The van der Waals surface area contributed by atoms with Gasteiger partial charge in [0.05, 0.1) is 18.3 Å². The van der Waals surface area contributed by atoms with Gasteiger partial charge >= 0.3 is 6.03 Å². The van der Waals surface area contributed by atoms with Crippen LogP contribution in [0.4, 0.5) is 4.79 Å². The molecule has 1 unspecified atom stereocenters. The summed E-state index contributed by atoms with van der Waals surface area (Å²) >= 11 is 0. The number of H-pyrrole nitrogens is 1. The molecular formula is C11H19N5O2. The Morgan fingerprint density at radius 2 is 2.11 bits per heavy atom. The molecule has 7 heteroatoms. The van der Waals surface area contributed by atoms with Crippen LogP contribution < -0.4 is 11.1 Å². The fourth-order valence-corrected chi connectivity index (χ4v) is 1.87. The number of nitrogens with one attached hydrogen (secondary N) is 2. The zero-order chi connectivity index (χ0) is 13.9. The predicted octanol–water partition coefficient (Wildman–Crippen LogP) is 0.214. The van der Waals surface area contributed by atoms with Crippen LogP contribution in [0.5, 0.6) is 0 Å². The third kappa shape index (κ3) is 2.99. The number of hydrogen-bond donors (Lipinski definition) is 3. The molecule has 0 spiro atoms. The Morgan fingerprint density at radius 1 is 1.50 bits per heavy atom. The van der Waals surface area contributed by atoms with Crippen molar-refractivity contribution in [3.05, 3.63) is 17.0 Å². The van der Waals surface area contributed by atoms with Crippen molar-refractivity contribution >= 4 is 11.9 Å². The molecule has 1 aromatic heterocycles. The van der Waals surface area contributed by atoms with Gasteiger partial charge in [-0.2, -0.15) is 5.10 Å². The molecule has 0 aliphatic carbocycles. The fourth-order valence-electron chi connectivity index (χ4n) is 1.87. The van der Waals surface area contributed by atoms with E-state index in [-0.39, 0.29) is 18.5 Å². The van der Waals surface area contributed by atoms with Crippen molar-refractivity contribution in [3.63, 3.8) is 0 Å². The van der Waals surface area contributed by atoms with Crippen LogP contribution in [-0.4, -0.2) is 40.6 Å². The van der Waals surface area contributed by atoms with Gasteiger partial charge in [0.25, 0.3) is 0 Å². The number of primary amides is 1. The van der Waals surface area contributed by atoms with E-state index in [1.807, 2.05) is 20.8 Å². The number of rotatable bonds is 4. The molecule has 1 atom stereocenters. The van der Waals surface area contributed by atoms with Crippen LogP contribution in [0.1, 0.15) is 29.9 Å². The number of likely N-dealkylation sites (N-methyl/N-ethyl adjacent to an activating group) is 1. The first-order valence-electron chi connectivity index (χ1n) is 5.65. The van der Waals surface area contributed by atoms with E-state index in [1.165, 1.54) is 0 Å². The number of hydrogen-bond acceptors (Lipinski definition) is 3. The first-order chi connectivity index (χ1) is 8.34. The van der Waals surface area contributed by atoms with E-state index in [2.05, 4.69) is 15.5 Å². The van der Waals surface area contributed by atoms with E-state index < -0.39 is 6.03 Å². The lowest BCUT2D eigenvalue weighted by atomic mass is 10.1. The number of aromatic nitrogens is 2. The third-order valence-corrected chi connectivity index (χ3v) is 2.99. The lowest BCUT2D eigenvalue weighted by molar-refractivity contribution is -0.130. The van der Waals surface area contributed by atoms with Gasteiger partial charge in [-0.3, -0.25) is 9.89 Å². The molecule has 0 fully saturated rings. The highest BCUT2D eigenvalue weighted by Gasteiger charge is 2.22. The van der Waals surface area contributed by atoms with Gasteiger partial charge in [-0.1, -0.05) is 0 Å². The molecule has 0 saturated carbocycles. The lowest BCUT2D eigenvalue weighted by Gasteiger charge is -2.25. The monoisotopic (exact) mass is 253 g/mol. The van der Waals surface area contributed by atoms with Crippen LogP contribution in [0.3, 0.4) is 0 Å². The van der Waals surface area contributed by atoms with E-state index in [9.17, 15) is 9.59 Å². The summed E-state index contributed by atoms with van der Waals surface area (Å²) < 4.78 is 0. The zero-order valence-electron chi connectivity index (χ0n) is 11.1. The highest BCUT2D eigenvalue weighted by atomic mass is 16.2. The van der Waals surface area contributed by atoms with Crippen LogP contribution in [0, 0.1) is 13.8 Å². The van der Waals surface area contributed by atoms with Crippen LogP contribution in [-0.2, 0) is 4.79 Å². The van der Waals surface area contributed by atoms with E-state index >= 15 is 0 Å². The highest BCUT2D eigenvalue weighted by Crippen LogP contribution is 2.23. The SMILES string of the molecule is Cc1n[nH]c(C)c1C(C)N(C)C(=O)CNC(N)=O. The molecule has 7 nitrogen and oxygen atoms in total. The smallest absolute Gasteiger partial charge is 0.312 e. The van der Waals surface area contributed by atoms with Gasteiger partial charge in [0.1, 0.15) is 0 Å². The number of carbonyl (C=O) groups is 2. The first-order valence-corrected chi connectivity index (χ1v) is 5.65. The molecule has 0 bridgehead atoms. The lowest BCUT2D eigenvalue weighted by Crippen LogP contribution is -2.41. The van der Waals surface area contributed by atoms with Crippen molar-refractivity contribution in [3.8, 4) is 0 Å². The average molecular weight is 253 g/mol. The normalized spacial score (nSPS) is 12.0. The van der Waals surface area contributed by atoms with Crippen molar-refractivity contribution in [1.29, 1.82) is 0 Å². The van der Waals surface area contributed by atoms with Crippen molar-refractivity contribution in [2.75, 3.05) is 13.6 Å². The molecule has 0 aliphatic rings. The molecule has 1 aromatic rings. The average Bonchev–Trinajstić information content (AvgIpc) is 2.64. The van der Waals surface area contributed by atoms with E-state index in [0.29, 0.717) is 0 Å².